The third kappa shape index (κ3) is 3.50. The first-order valence-corrected chi connectivity index (χ1v) is 9.49. The monoisotopic (exact) mass is 354 g/mol. The van der Waals surface area contributed by atoms with E-state index in [1.807, 2.05) is 31.4 Å². The van der Waals surface area contributed by atoms with E-state index < -0.39 is 0 Å². The van der Waals surface area contributed by atoms with Gasteiger partial charge >= 0.3 is 0 Å². The highest BCUT2D eigenvalue weighted by molar-refractivity contribution is 7.98. The predicted molar refractivity (Wildman–Crippen MR) is 98.0 cm³/mol. The molecule has 3 rings (SSSR count). The second-order valence-corrected chi connectivity index (χ2v) is 7.24. The number of hydrogen-bond donors (Lipinski definition) is 0. The van der Waals surface area contributed by atoms with E-state index in [0.29, 0.717) is 17.7 Å². The first kappa shape index (κ1) is 16.7. The van der Waals surface area contributed by atoms with Crippen LogP contribution in [0.15, 0.2) is 46.7 Å². The smallest absolute Gasteiger partial charge is 0.134 e. The van der Waals surface area contributed by atoms with Crippen molar-refractivity contribution in [1.82, 2.24) is 4.98 Å². The van der Waals surface area contributed by atoms with Gasteiger partial charge in [0, 0.05) is 27.1 Å². The molecule has 0 atom stereocenters. The fourth-order valence-corrected chi connectivity index (χ4v) is 3.68. The maximum Gasteiger partial charge on any atom is 0.134 e. The Kier molecular flexibility index (Phi) is 4.98. The lowest BCUT2D eigenvalue weighted by Gasteiger charge is -2.11. The molecule has 0 radical (unpaired) electrons. The number of thioether (sulfide) groups is 1. The quantitative estimate of drug-likeness (QED) is 0.585. The molecule has 3 aromatic rings. The third-order valence-electron chi connectivity index (χ3n) is 3.78. The van der Waals surface area contributed by atoms with Gasteiger partial charge in [0.2, 0.25) is 0 Å². The van der Waals surface area contributed by atoms with Crippen LogP contribution in [0.25, 0.3) is 11.1 Å². The number of nitriles is 1. The fourth-order valence-electron chi connectivity index (χ4n) is 2.53. The first-order chi connectivity index (χ1) is 11.6. The lowest BCUT2D eigenvalue weighted by molar-refractivity contribution is 0.632. The van der Waals surface area contributed by atoms with Gasteiger partial charge in [-0.05, 0) is 43.0 Å². The number of nitrogens with zero attached hydrogens (tertiary/aromatic N) is 2. The summed E-state index contributed by atoms with van der Waals surface area (Å²) < 4.78 is 13.3. The molecule has 5 heteroatoms. The average molecular weight is 354 g/mol. The van der Waals surface area contributed by atoms with E-state index in [4.69, 9.17) is 0 Å². The van der Waals surface area contributed by atoms with Gasteiger partial charge in [0.1, 0.15) is 11.9 Å². The third-order valence-corrected chi connectivity index (χ3v) is 5.43. The molecule has 120 valence electrons. The number of benzene rings is 1. The van der Waals surface area contributed by atoms with Gasteiger partial charge < -0.3 is 0 Å². The van der Waals surface area contributed by atoms with Gasteiger partial charge in [-0.15, -0.1) is 23.1 Å². The van der Waals surface area contributed by atoms with Crippen LogP contribution in [-0.4, -0.2) is 11.2 Å². The van der Waals surface area contributed by atoms with Gasteiger partial charge in [-0.25, -0.2) is 4.39 Å². The summed E-state index contributed by atoms with van der Waals surface area (Å²) in [6.07, 6.45) is 2.59. The van der Waals surface area contributed by atoms with Crippen LogP contribution in [0.4, 0.5) is 4.39 Å². The second kappa shape index (κ2) is 7.16. The molecular formula is C19H15FN2S2. The van der Waals surface area contributed by atoms with Gasteiger partial charge in [-0.1, -0.05) is 12.1 Å². The summed E-state index contributed by atoms with van der Waals surface area (Å²) in [4.78, 5) is 6.73. The largest absolute Gasteiger partial charge is 0.256 e. The molecule has 0 fully saturated rings. The molecule has 24 heavy (non-hydrogen) atoms. The Morgan fingerprint density at radius 1 is 1.25 bits per heavy atom. The van der Waals surface area contributed by atoms with Crippen molar-refractivity contribution in [2.75, 3.05) is 6.26 Å². The molecule has 0 aliphatic carbocycles. The molecule has 0 aliphatic heterocycles. The Hall–Kier alpha value is -2.16. The maximum absolute atomic E-state index is 13.3. The lowest BCUT2D eigenvalue weighted by atomic mass is 9.99. The van der Waals surface area contributed by atoms with Gasteiger partial charge in [0.25, 0.3) is 0 Å². The van der Waals surface area contributed by atoms with Crippen molar-refractivity contribution in [3.8, 4) is 17.2 Å². The zero-order valence-electron chi connectivity index (χ0n) is 13.3. The molecule has 0 spiro atoms. The summed E-state index contributed by atoms with van der Waals surface area (Å²) in [6, 6.07) is 13.8. The molecular weight excluding hydrogens is 339 g/mol. The van der Waals surface area contributed by atoms with Crippen LogP contribution in [0.2, 0.25) is 0 Å². The Bertz CT molecular complexity index is 908. The van der Waals surface area contributed by atoms with Crippen molar-refractivity contribution in [2.24, 2.45) is 0 Å². The van der Waals surface area contributed by atoms with Crippen LogP contribution in [0.3, 0.4) is 0 Å². The van der Waals surface area contributed by atoms with Gasteiger partial charge in [-0.3, -0.25) is 4.98 Å². The van der Waals surface area contributed by atoms with E-state index in [1.165, 1.54) is 21.6 Å². The fraction of sp³-hybridized carbons (Fsp3) is 0.158. The SMILES string of the molecule is CSc1ccc(-c2cc(C#N)c(C)nc2Cc2cc(F)cs2)cc1. The van der Waals surface area contributed by atoms with Crippen molar-refractivity contribution in [3.05, 3.63) is 69.4 Å². The van der Waals surface area contributed by atoms with E-state index in [0.717, 1.165) is 21.7 Å². The molecule has 2 heterocycles. The Morgan fingerprint density at radius 3 is 2.58 bits per heavy atom. The lowest BCUT2D eigenvalue weighted by Crippen LogP contribution is -2.00. The van der Waals surface area contributed by atoms with E-state index in [2.05, 4.69) is 23.2 Å². The molecule has 0 unspecified atom stereocenters. The van der Waals surface area contributed by atoms with E-state index in [-0.39, 0.29) is 5.82 Å². The number of rotatable bonds is 4. The highest BCUT2D eigenvalue weighted by atomic mass is 32.2. The molecule has 0 amide bonds. The van der Waals surface area contributed by atoms with Crippen LogP contribution >= 0.6 is 23.1 Å². The normalized spacial score (nSPS) is 10.6. The van der Waals surface area contributed by atoms with Crippen LogP contribution in [0.1, 0.15) is 21.8 Å². The van der Waals surface area contributed by atoms with Crippen LogP contribution in [0, 0.1) is 24.1 Å². The Labute approximate surface area is 149 Å². The van der Waals surface area contributed by atoms with Crippen molar-refractivity contribution < 1.29 is 4.39 Å². The van der Waals surface area contributed by atoms with Crippen molar-refractivity contribution >= 4 is 23.1 Å². The number of hydrogen-bond acceptors (Lipinski definition) is 4. The molecule has 1 aromatic carbocycles. The van der Waals surface area contributed by atoms with E-state index in [1.54, 1.807) is 17.8 Å². The van der Waals surface area contributed by atoms with Crippen LogP contribution in [-0.2, 0) is 6.42 Å². The van der Waals surface area contributed by atoms with Gasteiger partial charge in [0.05, 0.1) is 17.0 Å². The molecule has 0 aliphatic rings. The number of thiophene rings is 1. The van der Waals surface area contributed by atoms with E-state index in [9.17, 15) is 9.65 Å². The zero-order chi connectivity index (χ0) is 17.1. The van der Waals surface area contributed by atoms with Crippen molar-refractivity contribution in [3.63, 3.8) is 0 Å². The summed E-state index contributed by atoms with van der Waals surface area (Å²) in [6.45, 7) is 1.83. The molecule has 0 saturated carbocycles. The topological polar surface area (TPSA) is 36.7 Å². The van der Waals surface area contributed by atoms with Crippen LogP contribution in [0.5, 0.6) is 0 Å². The van der Waals surface area contributed by atoms with Crippen molar-refractivity contribution in [2.45, 2.75) is 18.2 Å². The number of aromatic nitrogens is 1. The summed E-state index contributed by atoms with van der Waals surface area (Å²) in [5, 5.41) is 10.8. The highest BCUT2D eigenvalue weighted by Gasteiger charge is 2.13. The maximum atomic E-state index is 13.3. The summed E-state index contributed by atoms with van der Waals surface area (Å²) in [5.74, 6) is -0.216. The molecule has 0 bridgehead atoms. The van der Waals surface area contributed by atoms with Gasteiger partial charge in [0.15, 0.2) is 0 Å². The minimum atomic E-state index is -0.216. The summed E-state index contributed by atoms with van der Waals surface area (Å²) >= 11 is 3.07. The first-order valence-electron chi connectivity index (χ1n) is 7.38. The second-order valence-electron chi connectivity index (χ2n) is 5.36. The van der Waals surface area contributed by atoms with E-state index >= 15 is 0 Å². The minimum Gasteiger partial charge on any atom is -0.256 e. The number of halogens is 1. The minimum absolute atomic E-state index is 0.216. The predicted octanol–water partition coefficient (Wildman–Crippen LogP) is 5.44. The standard InChI is InChI=1S/C19H15FN2S2/c1-12-14(10-21)7-18(13-3-5-16(23-2)6-4-13)19(22-12)9-17-8-15(20)11-24-17/h3-8,11H,9H2,1-2H3. The van der Waals surface area contributed by atoms with Crippen LogP contribution < -0.4 is 0 Å². The molecule has 0 saturated heterocycles. The number of aryl methyl sites for hydroxylation is 1. The summed E-state index contributed by atoms with van der Waals surface area (Å²) in [5.41, 5.74) is 4.08. The molecule has 2 nitrogen and oxygen atoms in total. The number of pyridine rings is 1. The molecule has 0 N–H and O–H groups in total. The average Bonchev–Trinajstić information content (AvgIpc) is 3.00. The molecule has 2 aromatic heterocycles. The Morgan fingerprint density at radius 2 is 2.00 bits per heavy atom. The highest BCUT2D eigenvalue weighted by Crippen LogP contribution is 2.29. The summed E-state index contributed by atoms with van der Waals surface area (Å²) in [7, 11) is 0. The van der Waals surface area contributed by atoms with Gasteiger partial charge in [-0.2, -0.15) is 5.26 Å². The Balaban J connectivity index is 2.08. The zero-order valence-corrected chi connectivity index (χ0v) is 15.0. The van der Waals surface area contributed by atoms with Crippen molar-refractivity contribution in [1.29, 1.82) is 5.26 Å².